The predicted molar refractivity (Wildman–Crippen MR) is 105 cm³/mol. The summed E-state index contributed by atoms with van der Waals surface area (Å²) in [5.74, 6) is 1.97. The van der Waals surface area contributed by atoms with Crippen molar-refractivity contribution in [1.29, 1.82) is 0 Å². The molecule has 4 aliphatic carbocycles. The van der Waals surface area contributed by atoms with Crippen molar-refractivity contribution in [3.63, 3.8) is 0 Å². The first-order valence-corrected chi connectivity index (χ1v) is 10.9. The van der Waals surface area contributed by atoms with E-state index in [0.29, 0.717) is 18.6 Å². The predicted octanol–water partition coefficient (Wildman–Crippen LogP) is 0.870. The SMILES string of the molecule is CC(=O)N[C@@H](CCC(N)=O)C(=O)N1CCN(C23CC4CC(CC(C4)C2)C3)CC1. The maximum absolute atomic E-state index is 12.9. The highest BCUT2D eigenvalue weighted by Gasteiger charge is 2.53. The van der Waals surface area contributed by atoms with E-state index in [1.54, 1.807) is 0 Å². The van der Waals surface area contributed by atoms with Crippen molar-refractivity contribution < 1.29 is 14.4 Å². The summed E-state index contributed by atoms with van der Waals surface area (Å²) in [6.45, 7) is 4.64. The number of carbonyl (C=O) groups is 3. The number of amides is 3. The summed E-state index contributed by atoms with van der Waals surface area (Å²) in [7, 11) is 0. The molecule has 156 valence electrons. The van der Waals surface area contributed by atoms with Crippen LogP contribution < -0.4 is 11.1 Å². The Kier molecular flexibility index (Phi) is 5.38. The summed E-state index contributed by atoms with van der Waals surface area (Å²) in [6, 6.07) is -0.656. The molecule has 0 unspecified atom stereocenters. The molecule has 1 saturated heterocycles. The second kappa shape index (κ2) is 7.65. The van der Waals surface area contributed by atoms with Gasteiger partial charge in [-0.05, 0) is 62.7 Å². The molecular formula is C21H34N4O3. The Hall–Kier alpha value is -1.63. The fourth-order valence-corrected chi connectivity index (χ4v) is 6.86. The van der Waals surface area contributed by atoms with Crippen LogP contribution in [0.4, 0.5) is 0 Å². The molecule has 4 saturated carbocycles. The van der Waals surface area contributed by atoms with Gasteiger partial charge < -0.3 is 16.0 Å². The fraction of sp³-hybridized carbons (Fsp3) is 0.857. The molecule has 0 aromatic carbocycles. The van der Waals surface area contributed by atoms with Gasteiger partial charge in [-0.15, -0.1) is 0 Å². The lowest BCUT2D eigenvalue weighted by atomic mass is 9.52. The van der Waals surface area contributed by atoms with Gasteiger partial charge in [0.05, 0.1) is 0 Å². The molecule has 1 aliphatic heterocycles. The molecule has 28 heavy (non-hydrogen) atoms. The van der Waals surface area contributed by atoms with Crippen molar-refractivity contribution in [2.45, 2.75) is 69.9 Å². The van der Waals surface area contributed by atoms with Gasteiger partial charge in [0.2, 0.25) is 17.7 Å². The molecule has 7 nitrogen and oxygen atoms in total. The van der Waals surface area contributed by atoms with Gasteiger partial charge >= 0.3 is 0 Å². The van der Waals surface area contributed by atoms with Crippen LogP contribution in [0.15, 0.2) is 0 Å². The summed E-state index contributed by atoms with van der Waals surface area (Å²) >= 11 is 0. The van der Waals surface area contributed by atoms with Crippen molar-refractivity contribution in [2.75, 3.05) is 26.2 Å². The van der Waals surface area contributed by atoms with E-state index in [1.165, 1.54) is 45.4 Å². The molecular weight excluding hydrogens is 356 g/mol. The molecule has 0 aromatic heterocycles. The summed E-state index contributed by atoms with van der Waals surface area (Å²) < 4.78 is 0. The monoisotopic (exact) mass is 390 g/mol. The van der Waals surface area contributed by atoms with E-state index in [2.05, 4.69) is 10.2 Å². The second-order valence-electron chi connectivity index (χ2n) is 9.71. The third-order valence-corrected chi connectivity index (χ3v) is 7.62. The highest BCUT2D eigenvalue weighted by atomic mass is 16.2. The number of piperazine rings is 1. The number of carbonyl (C=O) groups excluding carboxylic acids is 3. The molecule has 1 atom stereocenters. The number of nitrogens with zero attached hydrogens (tertiary/aromatic N) is 2. The first-order valence-electron chi connectivity index (χ1n) is 10.9. The summed E-state index contributed by atoms with van der Waals surface area (Å²) in [5, 5.41) is 2.70. The van der Waals surface area contributed by atoms with Gasteiger partial charge in [-0.1, -0.05) is 0 Å². The molecule has 7 heteroatoms. The number of primary amides is 1. The van der Waals surface area contributed by atoms with E-state index in [4.69, 9.17) is 5.73 Å². The third-order valence-electron chi connectivity index (χ3n) is 7.62. The van der Waals surface area contributed by atoms with E-state index < -0.39 is 11.9 Å². The molecule has 5 aliphatic rings. The average Bonchev–Trinajstić information content (AvgIpc) is 2.63. The van der Waals surface area contributed by atoms with Gasteiger partial charge in [-0.25, -0.2) is 0 Å². The van der Waals surface area contributed by atoms with Gasteiger partial charge in [0.15, 0.2) is 0 Å². The maximum Gasteiger partial charge on any atom is 0.245 e. The molecule has 1 heterocycles. The molecule has 4 bridgehead atoms. The van der Waals surface area contributed by atoms with Crippen LogP contribution in [0.5, 0.6) is 0 Å². The van der Waals surface area contributed by atoms with Gasteiger partial charge in [-0.3, -0.25) is 19.3 Å². The van der Waals surface area contributed by atoms with Crippen molar-refractivity contribution in [2.24, 2.45) is 23.5 Å². The summed E-state index contributed by atoms with van der Waals surface area (Å²) in [6.07, 6.45) is 8.73. The van der Waals surface area contributed by atoms with Crippen molar-refractivity contribution in [3.05, 3.63) is 0 Å². The lowest BCUT2D eigenvalue weighted by molar-refractivity contribution is -0.142. The molecule has 0 aromatic rings. The normalized spacial score (nSPS) is 35.6. The first-order chi connectivity index (χ1) is 13.3. The Morgan fingerprint density at radius 1 is 1.00 bits per heavy atom. The van der Waals surface area contributed by atoms with Gasteiger partial charge in [-0.2, -0.15) is 0 Å². The Morgan fingerprint density at radius 3 is 2.00 bits per heavy atom. The summed E-state index contributed by atoms with van der Waals surface area (Å²) in [4.78, 5) is 40.1. The smallest absolute Gasteiger partial charge is 0.245 e. The van der Waals surface area contributed by atoms with Crippen LogP contribution in [0.2, 0.25) is 0 Å². The van der Waals surface area contributed by atoms with Crippen LogP contribution in [0.25, 0.3) is 0 Å². The lowest BCUT2D eigenvalue weighted by Gasteiger charge is -2.61. The Labute approximate surface area is 167 Å². The van der Waals surface area contributed by atoms with Gasteiger partial charge in [0.25, 0.3) is 0 Å². The van der Waals surface area contributed by atoms with Gasteiger partial charge in [0, 0.05) is 45.1 Å². The van der Waals surface area contributed by atoms with Crippen molar-refractivity contribution in [1.82, 2.24) is 15.1 Å². The number of nitrogens with two attached hydrogens (primary N) is 1. The van der Waals surface area contributed by atoms with Crippen LogP contribution in [0.1, 0.15) is 58.3 Å². The van der Waals surface area contributed by atoms with Crippen LogP contribution in [0, 0.1) is 17.8 Å². The van der Waals surface area contributed by atoms with Crippen molar-refractivity contribution >= 4 is 17.7 Å². The zero-order valence-corrected chi connectivity index (χ0v) is 17.0. The zero-order valence-electron chi connectivity index (χ0n) is 17.0. The fourth-order valence-electron chi connectivity index (χ4n) is 6.86. The Balaban J connectivity index is 1.36. The minimum atomic E-state index is -0.656. The van der Waals surface area contributed by atoms with E-state index in [9.17, 15) is 14.4 Å². The standard InChI is InChI=1S/C21H34N4O3/c1-14(26)23-18(2-3-19(22)27)20(28)24-4-6-25(7-5-24)21-11-15-8-16(12-21)10-17(9-15)13-21/h15-18H,2-13H2,1H3,(H2,22,27)(H,23,26)/t15?,16?,17?,18-,21?/m0/s1. The highest BCUT2D eigenvalue weighted by Crippen LogP contribution is 2.57. The largest absolute Gasteiger partial charge is 0.370 e. The molecule has 5 rings (SSSR count). The van der Waals surface area contributed by atoms with E-state index in [0.717, 1.165) is 30.8 Å². The van der Waals surface area contributed by atoms with Crippen LogP contribution in [-0.4, -0.2) is 65.3 Å². The van der Waals surface area contributed by atoms with E-state index in [1.807, 2.05) is 4.90 Å². The lowest BCUT2D eigenvalue weighted by Crippen LogP contribution is -2.65. The molecule has 0 spiro atoms. The van der Waals surface area contributed by atoms with E-state index in [-0.39, 0.29) is 24.7 Å². The molecule has 0 radical (unpaired) electrons. The van der Waals surface area contributed by atoms with Crippen LogP contribution >= 0.6 is 0 Å². The number of hydrogen-bond donors (Lipinski definition) is 2. The van der Waals surface area contributed by atoms with E-state index >= 15 is 0 Å². The van der Waals surface area contributed by atoms with Crippen LogP contribution in [-0.2, 0) is 14.4 Å². The van der Waals surface area contributed by atoms with Gasteiger partial charge in [0.1, 0.15) is 6.04 Å². The third kappa shape index (κ3) is 3.91. The molecule has 5 fully saturated rings. The Morgan fingerprint density at radius 2 is 1.54 bits per heavy atom. The second-order valence-corrected chi connectivity index (χ2v) is 9.71. The summed E-state index contributed by atoms with van der Waals surface area (Å²) in [5.41, 5.74) is 5.61. The maximum atomic E-state index is 12.9. The first kappa shape index (κ1) is 19.7. The molecule has 3 N–H and O–H groups in total. The van der Waals surface area contributed by atoms with Crippen LogP contribution in [0.3, 0.4) is 0 Å². The quantitative estimate of drug-likeness (QED) is 0.703. The zero-order chi connectivity index (χ0) is 19.9. The topological polar surface area (TPSA) is 95.7 Å². The van der Waals surface area contributed by atoms with Crippen molar-refractivity contribution in [3.8, 4) is 0 Å². The average molecular weight is 391 g/mol. The Bertz CT molecular complexity index is 606. The number of rotatable bonds is 6. The number of hydrogen-bond acceptors (Lipinski definition) is 4. The minimum absolute atomic E-state index is 0.0818. The highest BCUT2D eigenvalue weighted by molar-refractivity contribution is 5.87. The molecule has 3 amide bonds. The minimum Gasteiger partial charge on any atom is -0.370 e. The number of nitrogens with one attached hydrogen (secondary N) is 1.